The first-order valence-electron chi connectivity index (χ1n) is 10.3. The fourth-order valence-corrected chi connectivity index (χ4v) is 5.07. The number of fused-ring (bicyclic) bond motifs is 1. The summed E-state index contributed by atoms with van der Waals surface area (Å²) in [6.07, 6.45) is 3.45. The van der Waals surface area contributed by atoms with Crippen molar-refractivity contribution >= 4 is 40.6 Å². The fraction of sp³-hybridized carbons (Fsp3) is 0.500. The first kappa shape index (κ1) is 22.3. The molecule has 1 fully saturated rings. The number of methoxy groups -OCH3 is 2. The Hall–Kier alpha value is -1.93. The maximum absolute atomic E-state index is 14.1. The van der Waals surface area contributed by atoms with Gasteiger partial charge in [-0.05, 0) is 37.5 Å². The van der Waals surface area contributed by atoms with Gasteiger partial charge in [0, 0.05) is 26.0 Å². The van der Waals surface area contributed by atoms with Crippen molar-refractivity contribution in [2.45, 2.75) is 37.9 Å². The molecule has 4 atom stereocenters. The van der Waals surface area contributed by atoms with E-state index < -0.39 is 5.92 Å². The number of amides is 1. The van der Waals surface area contributed by atoms with E-state index in [1.165, 1.54) is 0 Å². The molecule has 166 valence electrons. The number of ether oxygens (including phenoxy) is 2. The maximum Gasteiger partial charge on any atom is 0.234 e. The minimum atomic E-state index is -0.526. The molecule has 1 aromatic heterocycles. The van der Waals surface area contributed by atoms with E-state index in [0.29, 0.717) is 29.1 Å². The van der Waals surface area contributed by atoms with Crippen molar-refractivity contribution in [1.82, 2.24) is 14.7 Å². The summed E-state index contributed by atoms with van der Waals surface area (Å²) in [6.45, 7) is 2.87. The normalized spacial score (nSPS) is 25.5. The number of benzene rings is 1. The topological polar surface area (TPSA) is 69.0 Å². The second kappa shape index (κ2) is 9.28. The lowest BCUT2D eigenvalue weighted by molar-refractivity contribution is -0.139. The van der Waals surface area contributed by atoms with E-state index in [1.54, 1.807) is 31.2 Å². The van der Waals surface area contributed by atoms with Crippen LogP contribution in [0.15, 0.2) is 35.5 Å². The van der Waals surface area contributed by atoms with Crippen molar-refractivity contribution in [1.29, 1.82) is 0 Å². The van der Waals surface area contributed by atoms with Crippen LogP contribution in [-0.2, 0) is 14.3 Å². The van der Waals surface area contributed by atoms with E-state index in [-0.39, 0.29) is 24.0 Å². The van der Waals surface area contributed by atoms with Crippen LogP contribution < -0.4 is 0 Å². The molecule has 0 radical (unpaired) electrons. The number of carbonyl (C=O) groups excluding carboxylic acids is 1. The standard InChI is InChI=1S/C22H26Cl2N4O3/c1-13-20(22(29)27-15(11-30-2)5-6-16(27)12-31-3)21(28-19(26-13)8-9-25-28)14-4-7-17(23)18(24)10-14/h4,7-10,15-16,20-21H,5-6,11-12H2,1-3H3/t15-,16-,20?,21?/m0/s1. The maximum atomic E-state index is 14.1. The summed E-state index contributed by atoms with van der Waals surface area (Å²) in [6, 6.07) is 6.91. The number of rotatable bonds is 6. The summed E-state index contributed by atoms with van der Waals surface area (Å²) in [5.41, 5.74) is 1.60. The van der Waals surface area contributed by atoms with Gasteiger partial charge in [0.15, 0.2) is 5.82 Å². The number of likely N-dealkylation sites (tertiary alicyclic amines) is 1. The monoisotopic (exact) mass is 464 g/mol. The van der Waals surface area contributed by atoms with Gasteiger partial charge in [-0.15, -0.1) is 0 Å². The molecule has 9 heteroatoms. The number of aliphatic imine (C=N–C) groups is 1. The summed E-state index contributed by atoms with van der Waals surface area (Å²) < 4.78 is 12.6. The Labute approximate surface area is 191 Å². The Morgan fingerprint density at radius 1 is 1.10 bits per heavy atom. The minimum Gasteiger partial charge on any atom is -0.383 e. The van der Waals surface area contributed by atoms with Crippen molar-refractivity contribution in [3.05, 3.63) is 46.1 Å². The van der Waals surface area contributed by atoms with Gasteiger partial charge in [-0.2, -0.15) is 5.10 Å². The second-order valence-electron chi connectivity index (χ2n) is 8.02. The summed E-state index contributed by atoms with van der Waals surface area (Å²) in [5, 5.41) is 5.39. The average molecular weight is 465 g/mol. The van der Waals surface area contributed by atoms with Crippen molar-refractivity contribution < 1.29 is 14.3 Å². The third-order valence-corrected chi connectivity index (χ3v) is 6.85. The molecule has 0 saturated carbocycles. The zero-order valence-electron chi connectivity index (χ0n) is 17.8. The zero-order valence-corrected chi connectivity index (χ0v) is 19.3. The largest absolute Gasteiger partial charge is 0.383 e. The highest BCUT2D eigenvalue weighted by Gasteiger charge is 2.45. The smallest absolute Gasteiger partial charge is 0.234 e. The first-order chi connectivity index (χ1) is 15.0. The Kier molecular flexibility index (Phi) is 6.67. The zero-order chi connectivity index (χ0) is 22.1. The fourth-order valence-electron chi connectivity index (χ4n) is 4.77. The number of hydrogen-bond donors (Lipinski definition) is 0. The molecule has 1 aromatic carbocycles. The van der Waals surface area contributed by atoms with Gasteiger partial charge in [-0.3, -0.25) is 4.79 Å². The van der Waals surface area contributed by atoms with Crippen LogP contribution in [0.5, 0.6) is 0 Å². The summed E-state index contributed by atoms with van der Waals surface area (Å²) in [7, 11) is 3.32. The summed E-state index contributed by atoms with van der Waals surface area (Å²) in [5.74, 6) is 0.183. The van der Waals surface area contributed by atoms with Crippen molar-refractivity contribution in [3.8, 4) is 0 Å². The molecule has 7 nitrogen and oxygen atoms in total. The summed E-state index contributed by atoms with van der Waals surface area (Å²) in [4.78, 5) is 20.7. The highest BCUT2D eigenvalue weighted by Crippen LogP contribution is 2.40. The van der Waals surface area contributed by atoms with Gasteiger partial charge < -0.3 is 14.4 Å². The Morgan fingerprint density at radius 3 is 2.39 bits per heavy atom. The lowest BCUT2D eigenvalue weighted by atomic mass is 9.86. The average Bonchev–Trinajstić information content (AvgIpc) is 3.36. The van der Waals surface area contributed by atoms with E-state index >= 15 is 0 Å². The third-order valence-electron chi connectivity index (χ3n) is 6.11. The summed E-state index contributed by atoms with van der Waals surface area (Å²) >= 11 is 12.5. The van der Waals surface area contributed by atoms with Gasteiger partial charge >= 0.3 is 0 Å². The molecule has 3 heterocycles. The number of carbonyl (C=O) groups is 1. The van der Waals surface area contributed by atoms with Crippen molar-refractivity contribution in [3.63, 3.8) is 0 Å². The molecule has 2 aromatic rings. The molecule has 1 saturated heterocycles. The Bertz CT molecular complexity index is 979. The van der Waals surface area contributed by atoms with Crippen LogP contribution in [0, 0.1) is 5.92 Å². The number of aromatic nitrogens is 2. The molecule has 0 spiro atoms. The molecular weight excluding hydrogens is 439 g/mol. The van der Waals surface area contributed by atoms with Crippen LogP contribution in [0.3, 0.4) is 0 Å². The van der Waals surface area contributed by atoms with E-state index in [4.69, 9.17) is 32.7 Å². The van der Waals surface area contributed by atoms with Crippen LogP contribution in [0.1, 0.15) is 31.4 Å². The van der Waals surface area contributed by atoms with Crippen LogP contribution in [0.4, 0.5) is 5.82 Å². The third kappa shape index (κ3) is 4.12. The van der Waals surface area contributed by atoms with Gasteiger partial charge in [0.05, 0.1) is 47.6 Å². The molecule has 4 rings (SSSR count). The molecule has 31 heavy (non-hydrogen) atoms. The number of halogens is 2. The van der Waals surface area contributed by atoms with Gasteiger partial charge in [-0.25, -0.2) is 9.67 Å². The molecule has 1 amide bonds. The predicted octanol–water partition coefficient (Wildman–Crippen LogP) is 4.15. The lowest BCUT2D eigenvalue weighted by Gasteiger charge is -2.38. The van der Waals surface area contributed by atoms with E-state index in [9.17, 15) is 4.79 Å². The van der Waals surface area contributed by atoms with Crippen molar-refractivity contribution in [2.75, 3.05) is 27.4 Å². The minimum absolute atomic E-state index is 0.0000671. The van der Waals surface area contributed by atoms with E-state index in [0.717, 1.165) is 24.1 Å². The predicted molar refractivity (Wildman–Crippen MR) is 120 cm³/mol. The Morgan fingerprint density at radius 2 is 1.77 bits per heavy atom. The first-order valence-corrected chi connectivity index (χ1v) is 11.1. The molecule has 0 aliphatic carbocycles. The second-order valence-corrected chi connectivity index (χ2v) is 8.84. The van der Waals surface area contributed by atoms with Gasteiger partial charge in [0.2, 0.25) is 5.91 Å². The molecule has 2 unspecified atom stereocenters. The Balaban J connectivity index is 1.78. The van der Waals surface area contributed by atoms with Crippen molar-refractivity contribution in [2.24, 2.45) is 10.9 Å². The van der Waals surface area contributed by atoms with E-state index in [2.05, 4.69) is 10.1 Å². The lowest BCUT2D eigenvalue weighted by Crippen LogP contribution is -2.51. The molecular formula is C22H26Cl2N4O3. The number of hydrogen-bond acceptors (Lipinski definition) is 5. The quantitative estimate of drug-likeness (QED) is 0.643. The van der Waals surface area contributed by atoms with Crippen LogP contribution in [0.25, 0.3) is 0 Å². The van der Waals surface area contributed by atoms with Gasteiger partial charge in [-0.1, -0.05) is 29.3 Å². The SMILES string of the molecule is COC[C@@H]1CC[C@@H](COC)N1C(=O)C1C(C)=Nc2ccnn2C1c1ccc(Cl)c(Cl)c1. The van der Waals surface area contributed by atoms with Crippen LogP contribution in [-0.4, -0.2) is 65.8 Å². The highest BCUT2D eigenvalue weighted by molar-refractivity contribution is 6.42. The highest BCUT2D eigenvalue weighted by atomic mass is 35.5. The molecule has 0 N–H and O–H groups in total. The molecule has 0 bridgehead atoms. The number of nitrogens with zero attached hydrogens (tertiary/aromatic N) is 4. The molecule has 2 aliphatic heterocycles. The van der Waals surface area contributed by atoms with Gasteiger partial charge in [0.1, 0.15) is 5.92 Å². The van der Waals surface area contributed by atoms with Crippen LogP contribution in [0.2, 0.25) is 10.0 Å². The molecule has 2 aliphatic rings. The van der Waals surface area contributed by atoms with Crippen LogP contribution >= 0.6 is 23.2 Å². The van der Waals surface area contributed by atoms with E-state index in [1.807, 2.05) is 30.0 Å². The van der Waals surface area contributed by atoms with Gasteiger partial charge in [0.25, 0.3) is 0 Å².